The van der Waals surface area contributed by atoms with Gasteiger partial charge in [0, 0.05) is 50.5 Å². The lowest BCUT2D eigenvalue weighted by Crippen LogP contribution is -2.32. The first-order chi connectivity index (χ1) is 7.81. The molecule has 2 fully saturated rings. The number of aryl methyl sites for hydroxylation is 1. The van der Waals surface area contributed by atoms with Gasteiger partial charge in [0.1, 0.15) is 0 Å². The highest BCUT2D eigenvalue weighted by atomic mass is 15.2. The van der Waals surface area contributed by atoms with E-state index in [0.29, 0.717) is 6.04 Å². The molecule has 4 heteroatoms. The molecule has 1 aliphatic carbocycles. The molecular weight excluding hydrogens is 200 g/mol. The van der Waals surface area contributed by atoms with E-state index in [1.807, 2.05) is 17.9 Å². The van der Waals surface area contributed by atoms with E-state index < -0.39 is 0 Å². The Morgan fingerprint density at radius 1 is 1.44 bits per heavy atom. The highest BCUT2D eigenvalue weighted by Crippen LogP contribution is 2.29. The Morgan fingerprint density at radius 3 is 3.00 bits per heavy atom. The van der Waals surface area contributed by atoms with Crippen LogP contribution in [0.1, 0.15) is 24.8 Å². The summed E-state index contributed by atoms with van der Waals surface area (Å²) in [5.41, 5.74) is 1.28. The maximum atomic E-state index is 4.18. The third kappa shape index (κ3) is 2.28. The summed E-state index contributed by atoms with van der Waals surface area (Å²) in [5.74, 6) is 0. The molecule has 0 spiro atoms. The molecule has 1 aliphatic heterocycles. The van der Waals surface area contributed by atoms with Gasteiger partial charge in [-0.15, -0.1) is 0 Å². The molecule has 0 amide bonds. The minimum absolute atomic E-state index is 0.681. The molecule has 2 heterocycles. The van der Waals surface area contributed by atoms with Crippen molar-refractivity contribution in [3.05, 3.63) is 18.0 Å². The van der Waals surface area contributed by atoms with E-state index in [0.717, 1.165) is 12.6 Å². The Kier molecular flexibility index (Phi) is 2.69. The van der Waals surface area contributed by atoms with Crippen LogP contribution in [0.25, 0.3) is 0 Å². The lowest BCUT2D eigenvalue weighted by molar-refractivity contribution is 0.317. The molecule has 1 N–H and O–H groups in total. The molecule has 1 aromatic heterocycles. The van der Waals surface area contributed by atoms with Gasteiger partial charge in [-0.2, -0.15) is 5.10 Å². The highest BCUT2D eigenvalue weighted by molar-refractivity contribution is 5.03. The van der Waals surface area contributed by atoms with Crippen LogP contribution in [0.2, 0.25) is 0 Å². The predicted molar refractivity (Wildman–Crippen MR) is 63.0 cm³/mol. The van der Waals surface area contributed by atoms with Crippen LogP contribution in [0.5, 0.6) is 0 Å². The Labute approximate surface area is 96.6 Å². The summed E-state index contributed by atoms with van der Waals surface area (Å²) in [6.07, 6.45) is 8.18. The number of aromatic nitrogens is 2. The number of likely N-dealkylation sites (tertiary alicyclic amines) is 1. The molecule has 0 radical (unpaired) electrons. The SMILES string of the molecule is Cn1cc(CNC2CCN(C3CC3)C2)cn1. The van der Waals surface area contributed by atoms with Gasteiger partial charge in [-0.25, -0.2) is 0 Å². The van der Waals surface area contributed by atoms with Crippen molar-refractivity contribution < 1.29 is 0 Å². The minimum atomic E-state index is 0.681. The third-order valence-electron chi connectivity index (χ3n) is 3.64. The fraction of sp³-hybridized carbons (Fsp3) is 0.750. The molecule has 1 aromatic rings. The van der Waals surface area contributed by atoms with Crippen molar-refractivity contribution in [2.45, 2.75) is 37.9 Å². The molecule has 2 aliphatic rings. The molecule has 1 unspecified atom stereocenters. The molecule has 3 rings (SSSR count). The quantitative estimate of drug-likeness (QED) is 0.812. The van der Waals surface area contributed by atoms with Gasteiger partial charge in [0.2, 0.25) is 0 Å². The van der Waals surface area contributed by atoms with Crippen molar-refractivity contribution in [1.82, 2.24) is 20.0 Å². The summed E-state index contributed by atoms with van der Waals surface area (Å²) in [6.45, 7) is 3.48. The monoisotopic (exact) mass is 220 g/mol. The standard InChI is InChI=1S/C12H20N4/c1-15-8-10(7-14-15)6-13-11-4-5-16(9-11)12-2-3-12/h7-8,11-13H,2-6,9H2,1H3. The van der Waals surface area contributed by atoms with Gasteiger partial charge in [0.15, 0.2) is 0 Å². The fourth-order valence-electron chi connectivity index (χ4n) is 2.55. The molecule has 0 bridgehead atoms. The lowest BCUT2D eigenvalue weighted by Gasteiger charge is -2.15. The molecule has 1 atom stereocenters. The summed E-state index contributed by atoms with van der Waals surface area (Å²) >= 11 is 0. The second kappa shape index (κ2) is 4.18. The molecule has 1 saturated heterocycles. The first-order valence-corrected chi connectivity index (χ1v) is 6.26. The van der Waals surface area contributed by atoms with Crippen LogP contribution in [-0.4, -0.2) is 39.9 Å². The normalized spacial score (nSPS) is 26.4. The van der Waals surface area contributed by atoms with Crippen molar-refractivity contribution in [3.63, 3.8) is 0 Å². The van der Waals surface area contributed by atoms with E-state index in [4.69, 9.17) is 0 Å². The Morgan fingerprint density at radius 2 is 2.31 bits per heavy atom. The molecule has 0 aromatic carbocycles. The zero-order valence-corrected chi connectivity index (χ0v) is 9.89. The van der Waals surface area contributed by atoms with Crippen LogP contribution in [0.15, 0.2) is 12.4 Å². The van der Waals surface area contributed by atoms with E-state index in [2.05, 4.69) is 21.5 Å². The van der Waals surface area contributed by atoms with Gasteiger partial charge in [-0.05, 0) is 19.3 Å². The molecule has 16 heavy (non-hydrogen) atoms. The predicted octanol–water partition coefficient (Wildman–Crippen LogP) is 0.746. The topological polar surface area (TPSA) is 33.1 Å². The van der Waals surface area contributed by atoms with Gasteiger partial charge in [-0.1, -0.05) is 0 Å². The molecule has 4 nitrogen and oxygen atoms in total. The van der Waals surface area contributed by atoms with Gasteiger partial charge < -0.3 is 5.32 Å². The van der Waals surface area contributed by atoms with Crippen molar-refractivity contribution in [2.24, 2.45) is 7.05 Å². The average Bonchev–Trinajstić information content (AvgIpc) is 2.87. The largest absolute Gasteiger partial charge is 0.308 e. The van der Waals surface area contributed by atoms with Crippen LogP contribution in [0.4, 0.5) is 0 Å². The van der Waals surface area contributed by atoms with Crippen molar-refractivity contribution in [2.75, 3.05) is 13.1 Å². The maximum Gasteiger partial charge on any atom is 0.0534 e. The zero-order valence-electron chi connectivity index (χ0n) is 9.89. The average molecular weight is 220 g/mol. The number of nitrogens with zero attached hydrogens (tertiary/aromatic N) is 3. The van der Waals surface area contributed by atoms with E-state index in [1.54, 1.807) is 0 Å². The third-order valence-corrected chi connectivity index (χ3v) is 3.64. The number of hydrogen-bond acceptors (Lipinski definition) is 3. The van der Waals surface area contributed by atoms with E-state index in [-0.39, 0.29) is 0 Å². The number of rotatable bonds is 4. The van der Waals surface area contributed by atoms with Crippen molar-refractivity contribution in [1.29, 1.82) is 0 Å². The molecule has 88 valence electrons. The summed E-state index contributed by atoms with van der Waals surface area (Å²) in [6, 6.07) is 1.60. The van der Waals surface area contributed by atoms with Crippen LogP contribution < -0.4 is 5.32 Å². The molecule has 1 saturated carbocycles. The Bertz CT molecular complexity index is 356. The van der Waals surface area contributed by atoms with E-state index >= 15 is 0 Å². The second-order valence-corrected chi connectivity index (χ2v) is 5.11. The number of hydrogen-bond donors (Lipinski definition) is 1. The highest BCUT2D eigenvalue weighted by Gasteiger charge is 2.33. The zero-order chi connectivity index (χ0) is 11.0. The van der Waals surface area contributed by atoms with Crippen molar-refractivity contribution in [3.8, 4) is 0 Å². The van der Waals surface area contributed by atoms with Crippen LogP contribution in [0.3, 0.4) is 0 Å². The van der Waals surface area contributed by atoms with Crippen LogP contribution >= 0.6 is 0 Å². The lowest BCUT2D eigenvalue weighted by atomic mass is 10.2. The smallest absolute Gasteiger partial charge is 0.0534 e. The first kappa shape index (κ1) is 10.3. The van der Waals surface area contributed by atoms with Gasteiger partial charge in [0.05, 0.1) is 6.20 Å². The second-order valence-electron chi connectivity index (χ2n) is 5.11. The minimum Gasteiger partial charge on any atom is -0.308 e. The van der Waals surface area contributed by atoms with Crippen LogP contribution in [-0.2, 0) is 13.6 Å². The van der Waals surface area contributed by atoms with E-state index in [1.165, 1.54) is 37.9 Å². The van der Waals surface area contributed by atoms with Gasteiger partial charge >= 0.3 is 0 Å². The van der Waals surface area contributed by atoms with Crippen LogP contribution in [0, 0.1) is 0 Å². The summed E-state index contributed by atoms with van der Waals surface area (Å²) in [5, 5.41) is 7.81. The maximum absolute atomic E-state index is 4.18. The first-order valence-electron chi connectivity index (χ1n) is 6.26. The van der Waals surface area contributed by atoms with Crippen molar-refractivity contribution >= 4 is 0 Å². The fourth-order valence-corrected chi connectivity index (χ4v) is 2.55. The summed E-state index contributed by atoms with van der Waals surface area (Å²) in [4.78, 5) is 2.64. The Balaban J connectivity index is 1.45. The summed E-state index contributed by atoms with van der Waals surface area (Å²) < 4.78 is 1.86. The van der Waals surface area contributed by atoms with Gasteiger partial charge in [0.25, 0.3) is 0 Å². The van der Waals surface area contributed by atoms with E-state index in [9.17, 15) is 0 Å². The van der Waals surface area contributed by atoms with Gasteiger partial charge in [-0.3, -0.25) is 9.58 Å². The number of nitrogens with one attached hydrogen (secondary N) is 1. The summed E-state index contributed by atoms with van der Waals surface area (Å²) in [7, 11) is 1.97. The molecular formula is C12H20N4. The Hall–Kier alpha value is -0.870.